The molecular formula is C11H9BrF2O. The van der Waals surface area contributed by atoms with E-state index in [9.17, 15) is 13.6 Å². The van der Waals surface area contributed by atoms with Crippen molar-refractivity contribution in [3.63, 3.8) is 0 Å². The summed E-state index contributed by atoms with van der Waals surface area (Å²) in [5.74, 6) is -2.11. The Morgan fingerprint density at radius 1 is 1.27 bits per heavy atom. The largest absolute Gasteiger partial charge is 0.293 e. The van der Waals surface area contributed by atoms with Gasteiger partial charge in [-0.25, -0.2) is 8.78 Å². The topological polar surface area (TPSA) is 17.1 Å². The maximum Gasteiger partial charge on any atom is 0.170 e. The predicted octanol–water partition coefficient (Wildman–Crippen LogP) is 3.42. The summed E-state index contributed by atoms with van der Waals surface area (Å²) in [5.41, 5.74) is 0.994. The lowest BCUT2D eigenvalue weighted by molar-refractivity contribution is 0.0920. The van der Waals surface area contributed by atoms with E-state index in [4.69, 9.17) is 0 Å². The van der Waals surface area contributed by atoms with Crippen LogP contribution in [0, 0.1) is 11.6 Å². The van der Waals surface area contributed by atoms with Crippen LogP contribution in [0.25, 0.3) is 0 Å². The van der Waals surface area contributed by atoms with Crippen LogP contribution in [0.15, 0.2) is 12.1 Å². The highest BCUT2D eigenvalue weighted by Gasteiger charge is 2.36. The Morgan fingerprint density at radius 2 is 1.93 bits per heavy atom. The van der Waals surface area contributed by atoms with Crippen LogP contribution >= 0.6 is 15.9 Å². The zero-order valence-electron chi connectivity index (χ0n) is 7.90. The van der Waals surface area contributed by atoms with Crippen molar-refractivity contribution < 1.29 is 13.6 Å². The third kappa shape index (κ3) is 1.71. The number of fused-ring (bicyclic) bond motifs is 1. The van der Waals surface area contributed by atoms with Crippen molar-refractivity contribution in [1.29, 1.82) is 0 Å². The van der Waals surface area contributed by atoms with Gasteiger partial charge in [-0.1, -0.05) is 15.9 Å². The normalized spacial score (nSPS) is 18.6. The molecule has 0 aliphatic heterocycles. The molecule has 0 spiro atoms. The fraction of sp³-hybridized carbons (Fsp3) is 0.364. The van der Waals surface area contributed by atoms with Crippen molar-refractivity contribution in [3.8, 4) is 0 Å². The van der Waals surface area contributed by atoms with Crippen molar-refractivity contribution in [3.05, 3.63) is 34.9 Å². The molecule has 1 aliphatic carbocycles. The summed E-state index contributed by atoms with van der Waals surface area (Å²) in [6, 6.07) is 2.14. The molecular weight excluding hydrogens is 266 g/mol. The number of benzene rings is 1. The fourth-order valence-electron chi connectivity index (χ4n) is 1.88. The molecule has 4 heteroatoms. The monoisotopic (exact) mass is 274 g/mol. The average Bonchev–Trinajstić information content (AvgIpc) is 2.23. The Hall–Kier alpha value is -0.770. The van der Waals surface area contributed by atoms with Gasteiger partial charge in [0.2, 0.25) is 0 Å². The van der Waals surface area contributed by atoms with E-state index in [0.29, 0.717) is 17.5 Å². The number of ketones is 1. The number of carbonyl (C=O) groups excluding carboxylic acids is 1. The highest BCUT2D eigenvalue weighted by molar-refractivity contribution is 9.09. The van der Waals surface area contributed by atoms with Crippen LogP contribution in [0.1, 0.15) is 34.7 Å². The molecule has 0 fully saturated rings. The molecule has 1 unspecified atom stereocenters. The van der Waals surface area contributed by atoms with E-state index in [1.165, 1.54) is 0 Å². The van der Waals surface area contributed by atoms with Gasteiger partial charge in [-0.3, -0.25) is 4.79 Å². The molecule has 2 rings (SSSR count). The first kappa shape index (κ1) is 10.7. The summed E-state index contributed by atoms with van der Waals surface area (Å²) in [6.07, 6.45) is 1.55. The zero-order chi connectivity index (χ0) is 11.0. The second kappa shape index (κ2) is 4.00. The molecule has 0 N–H and O–H groups in total. The molecule has 1 atom stereocenters. The minimum absolute atomic E-state index is 0.0650. The molecule has 0 saturated carbocycles. The second-order valence-electron chi connectivity index (χ2n) is 3.60. The first-order valence-electron chi connectivity index (χ1n) is 4.74. The molecule has 0 aromatic heterocycles. The minimum atomic E-state index is -0.943. The number of halogens is 3. The Labute approximate surface area is 94.6 Å². The predicted molar refractivity (Wildman–Crippen MR) is 56.5 cm³/mol. The van der Waals surface area contributed by atoms with Crippen LogP contribution in [-0.2, 0) is 0 Å². The molecule has 1 nitrogen and oxygen atoms in total. The van der Waals surface area contributed by atoms with Gasteiger partial charge in [0.15, 0.2) is 17.4 Å². The molecule has 0 saturated heterocycles. The number of carbonyl (C=O) groups is 1. The summed E-state index contributed by atoms with van der Waals surface area (Å²) in [5, 5.41) is 0.815. The summed E-state index contributed by atoms with van der Waals surface area (Å²) in [4.78, 5) is 11.5. The van der Waals surface area contributed by atoms with E-state index < -0.39 is 11.6 Å². The Morgan fingerprint density at radius 3 is 2.60 bits per heavy atom. The maximum absolute atomic E-state index is 12.9. The van der Waals surface area contributed by atoms with E-state index in [1.807, 2.05) is 0 Å². The molecule has 80 valence electrons. The number of rotatable bonds is 3. The van der Waals surface area contributed by atoms with Crippen molar-refractivity contribution in [2.75, 3.05) is 5.33 Å². The zero-order valence-corrected chi connectivity index (χ0v) is 9.48. The van der Waals surface area contributed by atoms with Gasteiger partial charge < -0.3 is 0 Å². The molecule has 0 radical (unpaired) electrons. The Bertz CT molecular complexity index is 417. The molecule has 0 bridgehead atoms. The smallest absolute Gasteiger partial charge is 0.170 e. The van der Waals surface area contributed by atoms with E-state index in [0.717, 1.165) is 23.9 Å². The van der Waals surface area contributed by atoms with E-state index in [-0.39, 0.29) is 11.7 Å². The van der Waals surface area contributed by atoms with Crippen molar-refractivity contribution in [2.45, 2.75) is 18.8 Å². The van der Waals surface area contributed by atoms with E-state index >= 15 is 0 Å². The van der Waals surface area contributed by atoms with Gasteiger partial charge in [0.25, 0.3) is 0 Å². The van der Waals surface area contributed by atoms with Gasteiger partial charge in [0, 0.05) is 16.8 Å². The minimum Gasteiger partial charge on any atom is -0.293 e. The molecule has 1 aromatic carbocycles. The summed E-state index contributed by atoms with van der Waals surface area (Å²) >= 11 is 3.27. The third-order valence-corrected chi connectivity index (χ3v) is 3.24. The van der Waals surface area contributed by atoms with Gasteiger partial charge in [0.1, 0.15) is 0 Å². The van der Waals surface area contributed by atoms with Crippen molar-refractivity contribution in [2.24, 2.45) is 0 Å². The summed E-state index contributed by atoms with van der Waals surface area (Å²) < 4.78 is 25.7. The van der Waals surface area contributed by atoms with Crippen LogP contribution in [0.2, 0.25) is 0 Å². The highest BCUT2D eigenvalue weighted by atomic mass is 79.9. The SMILES string of the molecule is O=C1c2cc(F)c(F)cc2C1CCCBr. The van der Waals surface area contributed by atoms with Gasteiger partial charge in [0.05, 0.1) is 0 Å². The Kier molecular flexibility index (Phi) is 2.87. The first-order chi connectivity index (χ1) is 7.15. The lowest BCUT2D eigenvalue weighted by Crippen LogP contribution is -2.27. The number of hydrogen-bond acceptors (Lipinski definition) is 1. The van der Waals surface area contributed by atoms with E-state index in [2.05, 4.69) is 15.9 Å². The van der Waals surface area contributed by atoms with Gasteiger partial charge in [-0.15, -0.1) is 0 Å². The lowest BCUT2D eigenvalue weighted by atomic mass is 9.74. The summed E-state index contributed by atoms with van der Waals surface area (Å²) in [7, 11) is 0. The second-order valence-corrected chi connectivity index (χ2v) is 4.39. The van der Waals surface area contributed by atoms with Gasteiger partial charge >= 0.3 is 0 Å². The van der Waals surface area contributed by atoms with Crippen LogP contribution < -0.4 is 0 Å². The highest BCUT2D eigenvalue weighted by Crippen LogP contribution is 2.39. The van der Waals surface area contributed by atoms with Crippen LogP contribution in [0.4, 0.5) is 8.78 Å². The quantitative estimate of drug-likeness (QED) is 0.772. The summed E-state index contributed by atoms with van der Waals surface area (Å²) in [6.45, 7) is 0. The van der Waals surface area contributed by atoms with Crippen LogP contribution in [0.3, 0.4) is 0 Å². The number of Topliss-reactive ketones (excluding diaryl/α,β-unsaturated/α-hetero) is 1. The standard InChI is InChI=1S/C11H9BrF2O/c12-3-1-2-6-7-4-9(13)10(14)5-8(7)11(6)15/h4-6H,1-3H2. The number of hydrogen-bond donors (Lipinski definition) is 0. The maximum atomic E-state index is 12.9. The van der Waals surface area contributed by atoms with Gasteiger partial charge in [-0.2, -0.15) is 0 Å². The molecule has 15 heavy (non-hydrogen) atoms. The first-order valence-corrected chi connectivity index (χ1v) is 5.86. The molecule has 0 heterocycles. The molecule has 0 amide bonds. The third-order valence-electron chi connectivity index (χ3n) is 2.68. The number of alkyl halides is 1. The molecule has 1 aromatic rings. The molecule has 1 aliphatic rings. The fourth-order valence-corrected chi connectivity index (χ4v) is 2.21. The Balaban J connectivity index is 2.27. The average molecular weight is 275 g/mol. The van der Waals surface area contributed by atoms with Crippen LogP contribution in [-0.4, -0.2) is 11.1 Å². The van der Waals surface area contributed by atoms with E-state index in [1.54, 1.807) is 0 Å². The van der Waals surface area contributed by atoms with Crippen LogP contribution in [0.5, 0.6) is 0 Å². The lowest BCUT2D eigenvalue weighted by Gasteiger charge is -2.28. The van der Waals surface area contributed by atoms with Crippen molar-refractivity contribution in [1.82, 2.24) is 0 Å². The van der Waals surface area contributed by atoms with Crippen molar-refractivity contribution >= 4 is 21.7 Å². The van der Waals surface area contributed by atoms with Gasteiger partial charge in [-0.05, 0) is 30.5 Å².